The Morgan fingerprint density at radius 2 is 1.18 bits per heavy atom. The Morgan fingerprint density at radius 1 is 0.667 bits per heavy atom. The lowest BCUT2D eigenvalue weighted by Gasteiger charge is -2.30. The molecule has 214 valence electrons. The van der Waals surface area contributed by atoms with Crippen molar-refractivity contribution in [2.24, 2.45) is 0 Å². The van der Waals surface area contributed by atoms with Gasteiger partial charge >= 0.3 is 0 Å². The summed E-state index contributed by atoms with van der Waals surface area (Å²) in [6, 6.07) is 25.6. The third-order valence-corrected chi connectivity index (χ3v) is 8.16. The molecule has 5 heteroatoms. The minimum atomic E-state index is -4.31. The van der Waals surface area contributed by atoms with Crippen molar-refractivity contribution < 1.29 is 13.0 Å². The predicted octanol–water partition coefficient (Wildman–Crippen LogP) is 8.82. The molecule has 0 amide bonds. The van der Waals surface area contributed by atoms with E-state index in [9.17, 15) is 13.0 Å². The maximum Gasteiger partial charge on any atom is 0.132 e. The number of benzene rings is 3. The van der Waals surface area contributed by atoms with Crippen molar-refractivity contribution >= 4 is 15.8 Å². The maximum absolute atomic E-state index is 10.8. The van der Waals surface area contributed by atoms with Gasteiger partial charge in [-0.1, -0.05) is 119 Å². The fourth-order valence-corrected chi connectivity index (χ4v) is 5.24. The Hall–Kier alpha value is -2.47. The van der Waals surface area contributed by atoms with Gasteiger partial charge in [-0.15, -0.1) is 0 Å². The monoisotopic (exact) mass is 551 g/mol. The van der Waals surface area contributed by atoms with Gasteiger partial charge in [0.05, 0.1) is 19.0 Å². The molecule has 0 unspecified atom stereocenters. The van der Waals surface area contributed by atoms with Crippen molar-refractivity contribution in [1.29, 1.82) is 0 Å². The smallest absolute Gasteiger partial charge is 0.132 e. The molecule has 3 aromatic carbocycles. The molecule has 3 aromatic rings. The minimum Gasteiger partial charge on any atom is -0.744 e. The Balaban J connectivity index is 0.000000282. The molecular formula is C34H49NO3S. The van der Waals surface area contributed by atoms with E-state index < -0.39 is 10.1 Å². The molecule has 0 saturated heterocycles. The van der Waals surface area contributed by atoms with Crippen LogP contribution >= 0.6 is 0 Å². The quantitative estimate of drug-likeness (QED) is 0.108. The molecule has 3 rings (SSSR count). The Bertz CT molecular complexity index is 1170. The second-order valence-electron chi connectivity index (χ2n) is 11.1. The van der Waals surface area contributed by atoms with E-state index in [-0.39, 0.29) is 4.90 Å². The maximum atomic E-state index is 10.8. The largest absolute Gasteiger partial charge is 0.744 e. The highest BCUT2D eigenvalue weighted by molar-refractivity contribution is 7.85. The number of quaternary nitrogens is 1. The zero-order chi connectivity index (χ0) is 28.6. The van der Waals surface area contributed by atoms with Crippen molar-refractivity contribution in [3.8, 4) is 0 Å². The second kappa shape index (κ2) is 17.3. The van der Waals surface area contributed by atoms with Gasteiger partial charge in [-0.25, -0.2) is 8.42 Å². The summed E-state index contributed by atoms with van der Waals surface area (Å²) in [5.41, 5.74) is 5.23. The van der Waals surface area contributed by atoms with Gasteiger partial charge in [-0.05, 0) is 55.2 Å². The normalized spacial score (nSPS) is 11.6. The van der Waals surface area contributed by atoms with E-state index in [0.29, 0.717) is 0 Å². The van der Waals surface area contributed by atoms with Crippen LogP contribution in [0.3, 0.4) is 0 Å². The molecule has 0 spiro atoms. The zero-order valence-corrected chi connectivity index (χ0v) is 25.4. The average Bonchev–Trinajstić information content (AvgIpc) is 2.92. The minimum absolute atomic E-state index is 0.140. The van der Waals surface area contributed by atoms with Crippen LogP contribution in [0.4, 0.5) is 5.69 Å². The van der Waals surface area contributed by atoms with E-state index in [1.165, 1.54) is 86.7 Å². The van der Waals surface area contributed by atoms with Gasteiger partial charge < -0.3 is 4.55 Å². The summed E-state index contributed by atoms with van der Waals surface area (Å²) in [6.07, 6.45) is 14.0. The Kier molecular flexibility index (Phi) is 14.5. The van der Waals surface area contributed by atoms with E-state index in [1.807, 2.05) is 0 Å². The fourth-order valence-electron chi connectivity index (χ4n) is 4.78. The van der Waals surface area contributed by atoms with Crippen LogP contribution in [0.25, 0.3) is 0 Å². The molecule has 0 heterocycles. The summed E-state index contributed by atoms with van der Waals surface area (Å²) < 4.78 is 33.4. The van der Waals surface area contributed by atoms with E-state index in [0.717, 1.165) is 29.4 Å². The Morgan fingerprint density at radius 3 is 1.72 bits per heavy atom. The molecule has 0 aliphatic rings. The highest BCUT2D eigenvalue weighted by Gasteiger charge is 2.19. The van der Waals surface area contributed by atoms with Crippen LogP contribution in [-0.4, -0.2) is 27.1 Å². The van der Waals surface area contributed by atoms with Gasteiger partial charge in [0, 0.05) is 5.56 Å². The summed E-state index contributed by atoms with van der Waals surface area (Å²) in [5, 5.41) is 0. The average molecular weight is 552 g/mol. The molecule has 0 radical (unpaired) electrons. The summed E-state index contributed by atoms with van der Waals surface area (Å²) in [7, 11) is 0.190. The van der Waals surface area contributed by atoms with Gasteiger partial charge in [0.2, 0.25) is 0 Å². The van der Waals surface area contributed by atoms with Crippen LogP contribution in [0.2, 0.25) is 0 Å². The first-order valence-electron chi connectivity index (χ1n) is 14.6. The number of hydrogen-bond acceptors (Lipinski definition) is 3. The molecule has 4 nitrogen and oxygen atoms in total. The molecule has 0 N–H and O–H groups in total. The topological polar surface area (TPSA) is 57.2 Å². The van der Waals surface area contributed by atoms with Gasteiger partial charge in [-0.2, -0.15) is 0 Å². The van der Waals surface area contributed by atoms with E-state index in [1.54, 1.807) is 12.1 Å². The lowest BCUT2D eigenvalue weighted by atomic mass is 10.0. The fraction of sp³-hybridized carbons (Fsp3) is 0.471. The van der Waals surface area contributed by atoms with Crippen LogP contribution in [0, 0.1) is 6.92 Å². The number of aryl methyl sites for hydroxylation is 2. The highest BCUT2D eigenvalue weighted by Crippen LogP contribution is 2.22. The number of rotatable bonds is 15. The molecule has 39 heavy (non-hydrogen) atoms. The van der Waals surface area contributed by atoms with Crippen molar-refractivity contribution in [2.45, 2.75) is 95.9 Å². The van der Waals surface area contributed by atoms with Gasteiger partial charge in [0.1, 0.15) is 22.4 Å². The molecule has 0 aliphatic heterocycles. The van der Waals surface area contributed by atoms with Crippen LogP contribution in [-0.2, 0) is 23.1 Å². The van der Waals surface area contributed by atoms with E-state index in [4.69, 9.17) is 0 Å². The van der Waals surface area contributed by atoms with Crippen LogP contribution in [0.1, 0.15) is 87.8 Å². The van der Waals surface area contributed by atoms with Crippen LogP contribution < -0.4 is 4.48 Å². The van der Waals surface area contributed by atoms with Crippen molar-refractivity contribution in [1.82, 2.24) is 4.48 Å². The van der Waals surface area contributed by atoms with E-state index >= 15 is 0 Å². The second-order valence-corrected chi connectivity index (χ2v) is 12.5. The SMILES string of the molecule is CCCCCCCCCCCCc1ccc(S(=O)(=O)[O-])cc1.Cc1ccccc1C[N+](C)(C)c1ccccc1. The van der Waals surface area contributed by atoms with Crippen LogP contribution in [0.5, 0.6) is 0 Å². The lowest BCUT2D eigenvalue weighted by molar-refractivity contribution is 0.391. The first kappa shape index (κ1) is 32.7. The molecule has 0 aliphatic carbocycles. The molecule has 0 bridgehead atoms. The number of hydrogen-bond donors (Lipinski definition) is 0. The number of para-hydroxylation sites is 1. The third-order valence-electron chi connectivity index (χ3n) is 7.31. The van der Waals surface area contributed by atoms with Gasteiger partial charge in [-0.3, -0.25) is 4.48 Å². The van der Waals surface area contributed by atoms with Gasteiger partial charge in [0.25, 0.3) is 0 Å². The predicted molar refractivity (Wildman–Crippen MR) is 165 cm³/mol. The van der Waals surface area contributed by atoms with Crippen LogP contribution in [0.15, 0.2) is 83.8 Å². The van der Waals surface area contributed by atoms with E-state index in [2.05, 4.69) is 82.5 Å². The number of nitrogens with zero attached hydrogens (tertiary/aromatic N) is 1. The molecule has 0 saturated carbocycles. The summed E-state index contributed by atoms with van der Waals surface area (Å²) in [6.45, 7) is 5.45. The molecular weight excluding hydrogens is 502 g/mol. The Labute approximate surface area is 238 Å². The first-order valence-corrected chi connectivity index (χ1v) is 16.0. The van der Waals surface area contributed by atoms with Crippen molar-refractivity contribution in [3.05, 3.63) is 95.6 Å². The number of unbranched alkanes of at least 4 members (excludes halogenated alkanes) is 9. The molecule has 0 atom stereocenters. The first-order chi connectivity index (χ1) is 18.6. The molecule has 0 fully saturated rings. The highest BCUT2D eigenvalue weighted by atomic mass is 32.2. The third kappa shape index (κ3) is 13.0. The van der Waals surface area contributed by atoms with Crippen molar-refractivity contribution in [3.63, 3.8) is 0 Å². The summed E-state index contributed by atoms with van der Waals surface area (Å²) in [5.74, 6) is 0. The zero-order valence-electron chi connectivity index (χ0n) is 24.6. The lowest BCUT2D eigenvalue weighted by Crippen LogP contribution is -2.39. The van der Waals surface area contributed by atoms with Crippen molar-refractivity contribution in [2.75, 3.05) is 14.1 Å². The summed E-state index contributed by atoms with van der Waals surface area (Å²) in [4.78, 5) is -0.140. The van der Waals surface area contributed by atoms with Gasteiger partial charge in [0.15, 0.2) is 0 Å². The molecule has 0 aromatic heterocycles. The standard InChI is InChI=1S/C18H30O3S.C16H20N/c1-2-3-4-5-6-7-8-9-10-11-12-17-13-15-18(16-14-17)22(19,20)21;1-14-9-7-8-10-15(14)13-17(2,3)16-11-5-4-6-12-16/h13-16H,2-12H2,1H3,(H,19,20,21);4-12H,13H2,1-3H3/q;+1/p-1. The summed E-state index contributed by atoms with van der Waals surface area (Å²) >= 11 is 0.